The predicted molar refractivity (Wildman–Crippen MR) is 89.1 cm³/mol. The van der Waals surface area contributed by atoms with E-state index in [0.717, 1.165) is 25.0 Å². The van der Waals surface area contributed by atoms with Gasteiger partial charge in [0.1, 0.15) is 5.82 Å². The number of carbonyl (C=O) groups excluding carboxylic acids is 1. The van der Waals surface area contributed by atoms with Crippen molar-refractivity contribution in [2.45, 2.75) is 23.8 Å². The third-order valence-corrected chi connectivity index (χ3v) is 5.21. The molecule has 2 N–H and O–H groups in total. The highest BCUT2D eigenvalue weighted by Gasteiger charge is 2.26. The normalized spacial score (nSPS) is 14.2. The van der Waals surface area contributed by atoms with Gasteiger partial charge in [-0.15, -0.1) is 0 Å². The largest absolute Gasteiger partial charge is 0.349 e. The van der Waals surface area contributed by atoms with Crippen LogP contribution < -0.4 is 10.0 Å². The van der Waals surface area contributed by atoms with Gasteiger partial charge in [0.05, 0.1) is 15.5 Å². The summed E-state index contributed by atoms with van der Waals surface area (Å²) in [6, 6.07) is 8.94. The highest BCUT2D eigenvalue weighted by Crippen LogP contribution is 2.25. The fourth-order valence-electron chi connectivity index (χ4n) is 2.07. The molecule has 8 heteroatoms. The second-order valence-electron chi connectivity index (χ2n) is 5.50. The van der Waals surface area contributed by atoms with Crippen molar-refractivity contribution < 1.29 is 17.6 Å². The number of rotatable bonds is 5. The van der Waals surface area contributed by atoms with Crippen LogP contribution in [0.25, 0.3) is 0 Å². The van der Waals surface area contributed by atoms with Crippen molar-refractivity contribution in [3.63, 3.8) is 0 Å². The summed E-state index contributed by atoms with van der Waals surface area (Å²) in [5, 5.41) is 2.94. The SMILES string of the molecule is O=C(NC1CC1)c1cc(S(=O)(=O)Nc2ccc(F)cc2)ccc1Cl. The number of nitrogens with one attached hydrogen (secondary N) is 2. The van der Waals surface area contributed by atoms with Gasteiger partial charge in [0.25, 0.3) is 15.9 Å². The molecule has 24 heavy (non-hydrogen) atoms. The molecule has 0 radical (unpaired) electrons. The van der Waals surface area contributed by atoms with Gasteiger partial charge in [-0.3, -0.25) is 9.52 Å². The minimum atomic E-state index is -3.92. The smallest absolute Gasteiger partial charge is 0.261 e. The van der Waals surface area contributed by atoms with Crippen molar-refractivity contribution in [3.05, 3.63) is 58.9 Å². The van der Waals surface area contributed by atoms with Crippen molar-refractivity contribution in [1.29, 1.82) is 0 Å². The third kappa shape index (κ3) is 3.85. The zero-order valence-electron chi connectivity index (χ0n) is 12.4. The van der Waals surface area contributed by atoms with Gasteiger partial charge in [0.15, 0.2) is 0 Å². The van der Waals surface area contributed by atoms with Gasteiger partial charge < -0.3 is 5.32 Å². The monoisotopic (exact) mass is 368 g/mol. The number of sulfonamides is 1. The lowest BCUT2D eigenvalue weighted by atomic mass is 10.2. The minimum Gasteiger partial charge on any atom is -0.349 e. The summed E-state index contributed by atoms with van der Waals surface area (Å²) in [7, 11) is -3.92. The minimum absolute atomic E-state index is 0.0998. The molecule has 126 valence electrons. The van der Waals surface area contributed by atoms with Crippen LogP contribution >= 0.6 is 11.6 Å². The first-order chi connectivity index (χ1) is 11.3. The topological polar surface area (TPSA) is 75.3 Å². The van der Waals surface area contributed by atoms with E-state index in [4.69, 9.17) is 11.6 Å². The summed E-state index contributed by atoms with van der Waals surface area (Å²) in [6.45, 7) is 0. The standard InChI is InChI=1S/C16H14ClFN2O3S/c17-15-8-7-13(9-14(15)16(21)19-11-5-6-11)24(22,23)20-12-3-1-10(18)2-4-12/h1-4,7-9,11,20H,5-6H2,(H,19,21). The van der Waals surface area contributed by atoms with Crippen LogP contribution in [-0.2, 0) is 10.0 Å². The summed E-state index contributed by atoms with van der Waals surface area (Å²) in [4.78, 5) is 12.0. The Morgan fingerprint density at radius 3 is 2.42 bits per heavy atom. The van der Waals surface area contributed by atoms with Crippen LogP contribution in [-0.4, -0.2) is 20.4 Å². The summed E-state index contributed by atoms with van der Waals surface area (Å²) in [5.74, 6) is -0.871. The molecule has 0 bridgehead atoms. The number of halogens is 2. The summed E-state index contributed by atoms with van der Waals surface area (Å²) in [5.41, 5.74) is 0.320. The Hall–Kier alpha value is -2.12. The van der Waals surface area contributed by atoms with E-state index in [0.29, 0.717) is 0 Å². The van der Waals surface area contributed by atoms with Gasteiger partial charge in [-0.05, 0) is 55.3 Å². The molecule has 2 aromatic rings. The van der Waals surface area contributed by atoms with E-state index in [2.05, 4.69) is 10.0 Å². The second kappa shape index (κ2) is 6.41. The van der Waals surface area contributed by atoms with Crippen LogP contribution in [0.4, 0.5) is 10.1 Å². The lowest BCUT2D eigenvalue weighted by molar-refractivity contribution is 0.0951. The Balaban J connectivity index is 1.86. The van der Waals surface area contributed by atoms with E-state index in [9.17, 15) is 17.6 Å². The molecule has 0 aromatic heterocycles. The molecule has 0 spiro atoms. The van der Waals surface area contributed by atoms with Crippen LogP contribution in [0.2, 0.25) is 5.02 Å². The highest BCUT2D eigenvalue weighted by atomic mass is 35.5. The zero-order valence-corrected chi connectivity index (χ0v) is 14.0. The van der Waals surface area contributed by atoms with E-state index >= 15 is 0 Å². The maximum Gasteiger partial charge on any atom is 0.261 e. The van der Waals surface area contributed by atoms with Crippen LogP contribution in [0.15, 0.2) is 47.4 Å². The first kappa shape index (κ1) is 16.7. The number of amides is 1. The van der Waals surface area contributed by atoms with E-state index in [1.54, 1.807) is 0 Å². The van der Waals surface area contributed by atoms with Gasteiger partial charge in [0, 0.05) is 11.7 Å². The molecular formula is C16H14ClFN2O3S. The molecule has 1 saturated carbocycles. The Labute approximate surface area is 143 Å². The average molecular weight is 369 g/mol. The van der Waals surface area contributed by atoms with E-state index in [1.165, 1.54) is 30.3 Å². The third-order valence-electron chi connectivity index (χ3n) is 3.50. The number of hydrogen-bond acceptors (Lipinski definition) is 3. The molecule has 0 saturated heterocycles. The van der Waals surface area contributed by atoms with Crippen molar-refractivity contribution in [3.8, 4) is 0 Å². The van der Waals surface area contributed by atoms with E-state index in [1.807, 2.05) is 0 Å². The molecule has 0 heterocycles. The van der Waals surface area contributed by atoms with E-state index < -0.39 is 21.7 Å². The van der Waals surface area contributed by atoms with Crippen LogP contribution in [0, 0.1) is 5.82 Å². The van der Waals surface area contributed by atoms with Crippen LogP contribution in [0.5, 0.6) is 0 Å². The maximum absolute atomic E-state index is 12.9. The van der Waals surface area contributed by atoms with Gasteiger partial charge in [-0.25, -0.2) is 12.8 Å². The fraction of sp³-hybridized carbons (Fsp3) is 0.188. The van der Waals surface area contributed by atoms with Crippen molar-refractivity contribution >= 4 is 33.2 Å². The zero-order chi connectivity index (χ0) is 17.3. The van der Waals surface area contributed by atoms with Gasteiger partial charge in [0.2, 0.25) is 0 Å². The molecule has 1 aliphatic rings. The molecule has 0 atom stereocenters. The van der Waals surface area contributed by atoms with Crippen LogP contribution in [0.3, 0.4) is 0 Å². The fourth-order valence-corrected chi connectivity index (χ4v) is 3.36. The molecule has 1 fully saturated rings. The summed E-state index contributed by atoms with van der Waals surface area (Å²) >= 11 is 6.00. The molecule has 0 aliphatic heterocycles. The summed E-state index contributed by atoms with van der Waals surface area (Å²) < 4.78 is 40.1. The molecule has 2 aromatic carbocycles. The molecular weight excluding hydrogens is 355 g/mol. The Morgan fingerprint density at radius 1 is 1.12 bits per heavy atom. The molecule has 0 unspecified atom stereocenters. The molecule has 1 aliphatic carbocycles. The Bertz CT molecular complexity index is 881. The lowest BCUT2D eigenvalue weighted by Gasteiger charge is -2.11. The molecule has 5 nitrogen and oxygen atoms in total. The predicted octanol–water partition coefficient (Wildman–Crippen LogP) is 3.17. The Morgan fingerprint density at radius 2 is 1.79 bits per heavy atom. The summed E-state index contributed by atoms with van der Waals surface area (Å²) in [6.07, 6.45) is 1.82. The maximum atomic E-state index is 12.9. The average Bonchev–Trinajstić information content (AvgIpc) is 3.33. The van der Waals surface area contributed by atoms with Crippen molar-refractivity contribution in [2.75, 3.05) is 4.72 Å². The number of benzene rings is 2. The first-order valence-corrected chi connectivity index (χ1v) is 9.10. The van der Waals surface area contributed by atoms with Gasteiger partial charge >= 0.3 is 0 Å². The highest BCUT2D eigenvalue weighted by molar-refractivity contribution is 7.92. The molecule has 3 rings (SSSR count). The van der Waals surface area contributed by atoms with Crippen molar-refractivity contribution in [2.24, 2.45) is 0 Å². The Kier molecular flexibility index (Phi) is 4.47. The molecule has 1 amide bonds. The van der Waals surface area contributed by atoms with E-state index in [-0.39, 0.29) is 27.2 Å². The number of anilines is 1. The lowest BCUT2D eigenvalue weighted by Crippen LogP contribution is -2.26. The second-order valence-corrected chi connectivity index (χ2v) is 7.59. The van der Waals surface area contributed by atoms with Crippen molar-refractivity contribution in [1.82, 2.24) is 5.32 Å². The quantitative estimate of drug-likeness (QED) is 0.851. The number of carbonyl (C=O) groups is 1. The van der Waals surface area contributed by atoms with Gasteiger partial charge in [-0.1, -0.05) is 11.6 Å². The van der Waals surface area contributed by atoms with Crippen LogP contribution in [0.1, 0.15) is 23.2 Å². The first-order valence-electron chi connectivity index (χ1n) is 7.24. The van der Waals surface area contributed by atoms with Gasteiger partial charge in [-0.2, -0.15) is 0 Å². The number of hydrogen-bond donors (Lipinski definition) is 2.